The van der Waals surface area contributed by atoms with Crippen molar-refractivity contribution in [1.82, 2.24) is 9.13 Å². The number of nitrogens with zero attached hydrogens (tertiary/aromatic N) is 5. The zero-order valence-corrected chi connectivity index (χ0v) is 49.1. The summed E-state index contributed by atoms with van der Waals surface area (Å²) in [6, 6.07) is 128. The molecule has 0 saturated carbocycles. The largest absolute Gasteiger partial charge is 0.310 e. The topological polar surface area (TPSA) is 19.6 Å². The zero-order valence-electron chi connectivity index (χ0n) is 49.1. The third kappa shape index (κ3) is 7.83. The third-order valence-electron chi connectivity index (χ3n) is 18.8. The Morgan fingerprint density at radius 3 is 1.04 bits per heavy atom. The minimum absolute atomic E-state index is 0.796. The molecular formula is C85H57N5. The minimum Gasteiger partial charge on any atom is -0.310 e. The molecule has 18 rings (SSSR count). The predicted molar refractivity (Wildman–Crippen MR) is 375 cm³/mol. The fourth-order valence-electron chi connectivity index (χ4n) is 15.1. The van der Waals surface area contributed by atoms with Crippen molar-refractivity contribution in [1.29, 1.82) is 0 Å². The number of para-hydroxylation sites is 8. The summed E-state index contributed by atoms with van der Waals surface area (Å²) in [6.45, 7) is 0. The van der Waals surface area contributed by atoms with Gasteiger partial charge in [0.15, 0.2) is 0 Å². The Hall–Kier alpha value is -11.9. The van der Waals surface area contributed by atoms with E-state index in [1.54, 1.807) is 0 Å². The molecule has 0 unspecified atom stereocenters. The molecule has 0 fully saturated rings. The molecular weight excluding hydrogens is 1090 g/mol. The molecule has 16 aromatic rings. The van der Waals surface area contributed by atoms with Crippen molar-refractivity contribution < 1.29 is 0 Å². The molecule has 0 radical (unpaired) electrons. The van der Waals surface area contributed by atoms with E-state index in [-0.39, 0.29) is 0 Å². The Balaban J connectivity index is 0.875. The van der Waals surface area contributed by atoms with Crippen LogP contribution in [-0.2, 0) is 5.41 Å². The first-order valence-electron chi connectivity index (χ1n) is 31.0. The average Bonchev–Trinajstić information content (AvgIpc) is 1.45. The molecule has 1 aliphatic carbocycles. The highest BCUT2D eigenvalue weighted by Gasteiger charge is 2.52. The van der Waals surface area contributed by atoms with E-state index in [1.165, 1.54) is 77.1 Å². The summed E-state index contributed by atoms with van der Waals surface area (Å²) in [7, 11) is 0. The number of rotatable bonds is 10. The second kappa shape index (κ2) is 20.6. The standard InChI is InChI=1S/C85H57N5/c1-6-24-58(25-7-1)59-42-44-64(45-43-59)90-83-40-22-18-36-75(83)85(76-37-19-23-41-84(76)90)77-56-67(86(60-26-8-2-9-27-60)65-48-52-81-73(54-65)71-34-16-20-38-79(71)88(81)62-30-12-4-13-31-62)46-50-69(77)70-51-47-68(57-78(70)85)87(61-28-10-3-11-29-61)66-49-53-82-74(55-66)72-35-17-21-39-80(72)89(82)63-32-14-5-15-33-63/h1-57H. The van der Waals surface area contributed by atoms with Gasteiger partial charge in [-0.15, -0.1) is 0 Å². The van der Waals surface area contributed by atoms with Gasteiger partial charge in [-0.25, -0.2) is 0 Å². The highest BCUT2D eigenvalue weighted by Crippen LogP contribution is 2.65. The maximum Gasteiger partial charge on any atom is 0.0755 e. The summed E-state index contributed by atoms with van der Waals surface area (Å²) in [5.41, 5.74) is 25.7. The normalized spacial score (nSPS) is 12.7. The van der Waals surface area contributed by atoms with Crippen LogP contribution in [0.3, 0.4) is 0 Å². The Kier molecular flexibility index (Phi) is 11.8. The lowest BCUT2D eigenvalue weighted by atomic mass is 9.64. The third-order valence-corrected chi connectivity index (χ3v) is 18.8. The van der Waals surface area contributed by atoms with E-state index in [0.29, 0.717) is 0 Å². The van der Waals surface area contributed by atoms with E-state index in [1.807, 2.05) is 0 Å². The predicted octanol–water partition coefficient (Wildman–Crippen LogP) is 22.6. The Morgan fingerprint density at radius 2 is 0.578 bits per heavy atom. The van der Waals surface area contributed by atoms with Gasteiger partial charge in [0.25, 0.3) is 0 Å². The molecule has 3 heterocycles. The Labute approximate surface area is 522 Å². The molecule has 1 spiro atoms. The summed E-state index contributed by atoms with van der Waals surface area (Å²) in [5.74, 6) is 0. The van der Waals surface area contributed by atoms with Gasteiger partial charge in [-0.1, -0.05) is 200 Å². The molecule has 2 aliphatic rings. The van der Waals surface area contributed by atoms with Crippen LogP contribution in [0.5, 0.6) is 0 Å². The van der Waals surface area contributed by atoms with Crippen molar-refractivity contribution >= 4 is 94.8 Å². The fourth-order valence-corrected chi connectivity index (χ4v) is 15.1. The van der Waals surface area contributed by atoms with Crippen LogP contribution in [0.25, 0.3) is 77.2 Å². The second-order valence-electron chi connectivity index (χ2n) is 23.6. The lowest BCUT2D eigenvalue weighted by Crippen LogP contribution is -2.36. The number of anilines is 9. The van der Waals surface area contributed by atoms with Crippen molar-refractivity contribution in [3.63, 3.8) is 0 Å². The van der Waals surface area contributed by atoms with Gasteiger partial charge in [0.2, 0.25) is 0 Å². The minimum atomic E-state index is -0.796. The van der Waals surface area contributed by atoms with Crippen molar-refractivity contribution in [2.24, 2.45) is 0 Å². The van der Waals surface area contributed by atoms with Gasteiger partial charge in [0.1, 0.15) is 0 Å². The molecule has 2 aromatic heterocycles. The summed E-state index contributed by atoms with van der Waals surface area (Å²) in [4.78, 5) is 7.41. The molecule has 0 bridgehead atoms. The number of hydrogen-bond donors (Lipinski definition) is 0. The van der Waals surface area contributed by atoms with Crippen LogP contribution in [0.15, 0.2) is 346 Å². The SMILES string of the molecule is c1ccc(-c2ccc(N3c4ccccc4C4(c5cc(N(c6ccccc6)c6ccc7c(c6)c6ccccc6n7-c6ccccc6)ccc5-c5ccc(N(c6ccccc6)c6ccc7c(c6)c6ccccc6n7-c6ccccc6)cc54)c4ccccc43)cc2)cc1. The summed E-state index contributed by atoms with van der Waals surface area (Å²) < 4.78 is 4.79. The molecule has 14 aromatic carbocycles. The number of hydrogen-bond acceptors (Lipinski definition) is 3. The quantitative estimate of drug-likeness (QED) is 0.136. The highest BCUT2D eigenvalue weighted by atomic mass is 15.2. The van der Waals surface area contributed by atoms with Crippen molar-refractivity contribution in [2.45, 2.75) is 5.41 Å². The van der Waals surface area contributed by atoms with Gasteiger partial charge in [0.05, 0.1) is 38.9 Å². The van der Waals surface area contributed by atoms with Crippen LogP contribution in [-0.4, -0.2) is 9.13 Å². The maximum atomic E-state index is 2.52. The van der Waals surface area contributed by atoms with E-state index in [9.17, 15) is 0 Å². The van der Waals surface area contributed by atoms with Crippen LogP contribution < -0.4 is 14.7 Å². The smallest absolute Gasteiger partial charge is 0.0755 e. The number of benzene rings is 14. The lowest BCUT2D eigenvalue weighted by Gasteiger charge is -2.45. The number of fused-ring (bicyclic) bond motifs is 15. The van der Waals surface area contributed by atoms with Crippen LogP contribution in [0.4, 0.5) is 51.2 Å². The highest BCUT2D eigenvalue weighted by molar-refractivity contribution is 6.12. The molecule has 5 heteroatoms. The summed E-state index contributed by atoms with van der Waals surface area (Å²) >= 11 is 0. The Morgan fingerprint density at radius 1 is 0.222 bits per heavy atom. The molecule has 5 nitrogen and oxygen atoms in total. The molecule has 90 heavy (non-hydrogen) atoms. The zero-order chi connectivity index (χ0) is 59.3. The van der Waals surface area contributed by atoms with Crippen LogP contribution in [0.1, 0.15) is 22.3 Å². The van der Waals surface area contributed by atoms with E-state index in [0.717, 1.165) is 73.6 Å². The van der Waals surface area contributed by atoms with E-state index < -0.39 is 5.41 Å². The molecule has 1 aliphatic heterocycles. The maximum absolute atomic E-state index is 2.52. The monoisotopic (exact) mass is 1150 g/mol. The van der Waals surface area contributed by atoms with Gasteiger partial charge in [-0.2, -0.15) is 0 Å². The number of aromatic nitrogens is 2. The van der Waals surface area contributed by atoms with Gasteiger partial charge >= 0.3 is 0 Å². The van der Waals surface area contributed by atoms with E-state index in [4.69, 9.17) is 0 Å². The van der Waals surface area contributed by atoms with Gasteiger partial charge in [-0.05, 0) is 190 Å². The first-order valence-corrected chi connectivity index (χ1v) is 31.0. The van der Waals surface area contributed by atoms with Crippen LogP contribution >= 0.6 is 0 Å². The molecule has 422 valence electrons. The molecule has 0 N–H and O–H groups in total. The first kappa shape index (κ1) is 51.3. The summed E-state index contributed by atoms with van der Waals surface area (Å²) in [6.07, 6.45) is 0. The average molecular weight is 1150 g/mol. The fraction of sp³-hybridized carbons (Fsp3) is 0.0118. The van der Waals surface area contributed by atoms with Crippen LogP contribution in [0, 0.1) is 0 Å². The summed E-state index contributed by atoms with van der Waals surface area (Å²) in [5, 5.41) is 4.81. The van der Waals surface area contributed by atoms with Crippen LogP contribution in [0.2, 0.25) is 0 Å². The van der Waals surface area contributed by atoms with Crippen molar-refractivity contribution in [3.05, 3.63) is 368 Å². The van der Waals surface area contributed by atoms with Gasteiger partial charge in [0, 0.05) is 72.7 Å². The second-order valence-corrected chi connectivity index (χ2v) is 23.6. The Bertz CT molecular complexity index is 5120. The molecule has 0 saturated heterocycles. The van der Waals surface area contributed by atoms with E-state index in [2.05, 4.69) is 370 Å². The van der Waals surface area contributed by atoms with Gasteiger partial charge in [-0.3, -0.25) is 0 Å². The van der Waals surface area contributed by atoms with Crippen molar-refractivity contribution in [2.75, 3.05) is 14.7 Å². The van der Waals surface area contributed by atoms with Crippen molar-refractivity contribution in [3.8, 4) is 33.6 Å². The molecule has 0 amide bonds. The lowest BCUT2D eigenvalue weighted by molar-refractivity contribution is 0.752. The van der Waals surface area contributed by atoms with Gasteiger partial charge < -0.3 is 23.8 Å². The van der Waals surface area contributed by atoms with E-state index >= 15 is 0 Å². The molecule has 0 atom stereocenters. The first-order chi connectivity index (χ1) is 44.7.